The number of hydrogen-bond donors (Lipinski definition) is 3. The van der Waals surface area contributed by atoms with Gasteiger partial charge in [-0.25, -0.2) is 4.98 Å². The predicted molar refractivity (Wildman–Crippen MR) is 77.6 cm³/mol. The number of anilines is 1. The van der Waals surface area contributed by atoms with Gasteiger partial charge in [0.2, 0.25) is 0 Å². The number of benzene rings is 1. The van der Waals surface area contributed by atoms with Gasteiger partial charge < -0.3 is 15.8 Å². The molecule has 1 aromatic carbocycles. The van der Waals surface area contributed by atoms with E-state index in [1.165, 1.54) is 0 Å². The minimum Gasteiger partial charge on any atom is -0.481 e. The van der Waals surface area contributed by atoms with Crippen LogP contribution in [0.25, 0.3) is 0 Å². The number of aliphatic carboxylic acids is 1. The Kier molecular flexibility index (Phi) is 4.19. The number of nitrogens with one attached hydrogen (secondary N) is 1. The van der Waals surface area contributed by atoms with Gasteiger partial charge in [0.25, 0.3) is 5.56 Å². The van der Waals surface area contributed by atoms with Crippen molar-refractivity contribution in [3.05, 3.63) is 56.0 Å². The maximum atomic E-state index is 11.8. The van der Waals surface area contributed by atoms with Crippen molar-refractivity contribution in [2.45, 2.75) is 12.8 Å². The van der Waals surface area contributed by atoms with Crippen LogP contribution in [-0.2, 0) is 17.6 Å². The minimum atomic E-state index is -1.12. The molecule has 0 amide bonds. The van der Waals surface area contributed by atoms with Gasteiger partial charge in [0.1, 0.15) is 11.6 Å². The molecule has 1 heterocycles. The van der Waals surface area contributed by atoms with Gasteiger partial charge in [-0.15, -0.1) is 0 Å². The molecule has 20 heavy (non-hydrogen) atoms. The molecular weight excluding hydrogens is 326 g/mol. The van der Waals surface area contributed by atoms with Crippen LogP contribution >= 0.6 is 15.9 Å². The molecule has 0 saturated carbocycles. The summed E-state index contributed by atoms with van der Waals surface area (Å²) in [6.07, 6.45) is -0.0302. The largest absolute Gasteiger partial charge is 0.481 e. The summed E-state index contributed by atoms with van der Waals surface area (Å²) in [5, 5.41) is 8.71. The molecule has 0 aliphatic carbocycles. The molecule has 0 radical (unpaired) electrons. The quantitative estimate of drug-likeness (QED) is 0.779. The lowest BCUT2D eigenvalue weighted by Gasteiger charge is -2.06. The fourth-order valence-corrected chi connectivity index (χ4v) is 2.26. The summed E-state index contributed by atoms with van der Waals surface area (Å²) in [4.78, 5) is 29.1. The smallest absolute Gasteiger partial charge is 0.308 e. The van der Waals surface area contributed by atoms with Gasteiger partial charge >= 0.3 is 5.97 Å². The van der Waals surface area contributed by atoms with E-state index in [1.54, 1.807) is 0 Å². The third kappa shape index (κ3) is 3.45. The van der Waals surface area contributed by atoms with Crippen LogP contribution in [0.1, 0.15) is 17.0 Å². The van der Waals surface area contributed by atoms with E-state index < -0.39 is 17.9 Å². The van der Waals surface area contributed by atoms with Crippen molar-refractivity contribution in [3.8, 4) is 0 Å². The second-order valence-corrected chi connectivity index (χ2v) is 5.17. The Morgan fingerprint density at radius 2 is 2.20 bits per heavy atom. The monoisotopic (exact) mass is 337 g/mol. The van der Waals surface area contributed by atoms with Crippen LogP contribution in [0.5, 0.6) is 0 Å². The van der Waals surface area contributed by atoms with Crippen LogP contribution in [0.2, 0.25) is 0 Å². The van der Waals surface area contributed by atoms with Crippen LogP contribution in [0.4, 0.5) is 5.82 Å². The normalized spacial score (nSPS) is 10.4. The summed E-state index contributed by atoms with van der Waals surface area (Å²) in [7, 11) is 0. The van der Waals surface area contributed by atoms with Crippen molar-refractivity contribution < 1.29 is 9.90 Å². The maximum Gasteiger partial charge on any atom is 0.308 e. The lowest BCUT2D eigenvalue weighted by molar-refractivity contribution is -0.136. The number of aromatic amines is 1. The number of nitrogen functional groups attached to an aromatic ring is 1. The standard InChI is InChI=1S/C13H12BrN3O3/c14-8-3-1-2-7(4-8)5-10-16-12(15)9(6-11(18)19)13(20)17-10/h1-4H,5-6H2,(H,18,19)(H3,15,16,17,20). The summed E-state index contributed by atoms with van der Waals surface area (Å²) < 4.78 is 0.924. The maximum absolute atomic E-state index is 11.8. The van der Waals surface area contributed by atoms with Crippen molar-refractivity contribution in [1.82, 2.24) is 9.97 Å². The van der Waals surface area contributed by atoms with Gasteiger partial charge in [0.05, 0.1) is 12.0 Å². The molecule has 2 aromatic rings. The lowest BCUT2D eigenvalue weighted by atomic mass is 10.1. The van der Waals surface area contributed by atoms with Gasteiger partial charge in [-0.05, 0) is 17.7 Å². The number of carboxylic acid groups (broad SMARTS) is 1. The average Bonchev–Trinajstić information content (AvgIpc) is 2.33. The van der Waals surface area contributed by atoms with Gasteiger partial charge in [0.15, 0.2) is 0 Å². The first-order valence-corrected chi connectivity index (χ1v) is 6.59. The fourth-order valence-electron chi connectivity index (χ4n) is 1.81. The van der Waals surface area contributed by atoms with Crippen LogP contribution in [0, 0.1) is 0 Å². The number of carbonyl (C=O) groups is 1. The number of halogens is 1. The van der Waals surface area contributed by atoms with E-state index in [0.29, 0.717) is 12.2 Å². The zero-order chi connectivity index (χ0) is 14.7. The van der Waals surface area contributed by atoms with Crippen molar-refractivity contribution >= 4 is 27.7 Å². The average molecular weight is 338 g/mol. The lowest BCUT2D eigenvalue weighted by Crippen LogP contribution is -2.22. The number of carboxylic acids is 1. The summed E-state index contributed by atoms with van der Waals surface area (Å²) in [6.45, 7) is 0. The van der Waals surface area contributed by atoms with Crippen LogP contribution < -0.4 is 11.3 Å². The zero-order valence-corrected chi connectivity index (χ0v) is 12.0. The first kappa shape index (κ1) is 14.3. The highest BCUT2D eigenvalue weighted by Crippen LogP contribution is 2.14. The Morgan fingerprint density at radius 3 is 2.80 bits per heavy atom. The van der Waals surface area contributed by atoms with E-state index in [2.05, 4.69) is 25.9 Å². The summed E-state index contributed by atoms with van der Waals surface area (Å²) >= 11 is 3.36. The van der Waals surface area contributed by atoms with Gasteiger partial charge in [-0.1, -0.05) is 28.1 Å². The fraction of sp³-hybridized carbons (Fsp3) is 0.154. The van der Waals surface area contributed by atoms with Crippen molar-refractivity contribution in [1.29, 1.82) is 0 Å². The third-order valence-corrected chi connectivity index (χ3v) is 3.18. The second kappa shape index (κ2) is 5.87. The molecule has 0 unspecified atom stereocenters. The molecule has 1 aromatic heterocycles. The molecule has 104 valence electrons. The highest BCUT2D eigenvalue weighted by Gasteiger charge is 2.12. The van der Waals surface area contributed by atoms with Crippen LogP contribution in [0.3, 0.4) is 0 Å². The molecule has 0 bridgehead atoms. The van der Waals surface area contributed by atoms with E-state index in [4.69, 9.17) is 10.8 Å². The van der Waals surface area contributed by atoms with E-state index in [0.717, 1.165) is 10.0 Å². The molecule has 0 atom stereocenters. The summed E-state index contributed by atoms with van der Waals surface area (Å²) in [5.41, 5.74) is 6.07. The number of nitrogens with zero attached hydrogens (tertiary/aromatic N) is 1. The number of nitrogens with two attached hydrogens (primary N) is 1. The number of rotatable bonds is 4. The van der Waals surface area contributed by atoms with Crippen molar-refractivity contribution in [2.75, 3.05) is 5.73 Å². The molecule has 0 saturated heterocycles. The summed E-state index contributed by atoms with van der Waals surface area (Å²) in [5.74, 6) is -0.760. The highest BCUT2D eigenvalue weighted by atomic mass is 79.9. The van der Waals surface area contributed by atoms with Gasteiger partial charge in [0, 0.05) is 10.9 Å². The van der Waals surface area contributed by atoms with E-state index in [9.17, 15) is 9.59 Å². The van der Waals surface area contributed by atoms with Crippen molar-refractivity contribution in [2.24, 2.45) is 0 Å². The summed E-state index contributed by atoms with van der Waals surface area (Å²) in [6, 6.07) is 7.57. The zero-order valence-electron chi connectivity index (χ0n) is 10.4. The van der Waals surface area contributed by atoms with Crippen LogP contribution in [0.15, 0.2) is 33.5 Å². The molecule has 6 nitrogen and oxygen atoms in total. The molecule has 7 heteroatoms. The van der Waals surface area contributed by atoms with E-state index in [1.807, 2.05) is 24.3 Å². The third-order valence-electron chi connectivity index (χ3n) is 2.69. The van der Waals surface area contributed by atoms with Gasteiger partial charge in [-0.3, -0.25) is 9.59 Å². The van der Waals surface area contributed by atoms with Gasteiger partial charge in [-0.2, -0.15) is 0 Å². The van der Waals surface area contributed by atoms with Crippen LogP contribution in [-0.4, -0.2) is 21.0 Å². The van der Waals surface area contributed by atoms with E-state index >= 15 is 0 Å². The Hall–Kier alpha value is -2.15. The SMILES string of the molecule is Nc1nc(Cc2cccc(Br)c2)[nH]c(=O)c1CC(=O)O. The predicted octanol–water partition coefficient (Wildman–Crippen LogP) is 1.33. The molecule has 0 spiro atoms. The number of hydrogen-bond acceptors (Lipinski definition) is 4. The topological polar surface area (TPSA) is 109 Å². The number of aromatic nitrogens is 2. The van der Waals surface area contributed by atoms with Crippen molar-refractivity contribution in [3.63, 3.8) is 0 Å². The van der Waals surface area contributed by atoms with E-state index in [-0.39, 0.29) is 11.4 Å². The highest BCUT2D eigenvalue weighted by molar-refractivity contribution is 9.10. The molecule has 4 N–H and O–H groups in total. The molecular formula is C13H12BrN3O3. The Balaban J connectivity index is 2.31. The Morgan fingerprint density at radius 1 is 1.45 bits per heavy atom. The molecule has 0 aliphatic heterocycles. The minimum absolute atomic E-state index is 0.0181. The Bertz CT molecular complexity index is 712. The number of H-pyrrole nitrogens is 1. The second-order valence-electron chi connectivity index (χ2n) is 4.25. The first-order valence-electron chi connectivity index (χ1n) is 5.79. The first-order chi connectivity index (χ1) is 9.45. The Labute approximate surface area is 122 Å². The molecule has 0 aliphatic rings. The molecule has 2 rings (SSSR count). The molecule has 0 fully saturated rings.